The van der Waals surface area contributed by atoms with E-state index in [0.29, 0.717) is 23.1 Å². The van der Waals surface area contributed by atoms with Gasteiger partial charge in [-0.15, -0.1) is 0 Å². The number of aromatic carboxylic acids is 1. The molecule has 2 N–H and O–H groups in total. The summed E-state index contributed by atoms with van der Waals surface area (Å²) in [7, 11) is 0. The second-order valence-corrected chi connectivity index (χ2v) is 5.55. The Morgan fingerprint density at radius 2 is 2.25 bits per heavy atom. The van der Waals surface area contributed by atoms with Crippen LogP contribution in [0, 0.1) is 5.82 Å². The van der Waals surface area contributed by atoms with Crippen molar-refractivity contribution in [2.75, 3.05) is 11.9 Å². The van der Waals surface area contributed by atoms with Gasteiger partial charge in [-0.25, -0.2) is 9.18 Å². The van der Waals surface area contributed by atoms with Gasteiger partial charge in [-0.1, -0.05) is 0 Å². The smallest absolute Gasteiger partial charge is 0.341 e. The summed E-state index contributed by atoms with van der Waals surface area (Å²) in [6, 6.07) is 2.23. The van der Waals surface area contributed by atoms with E-state index in [9.17, 15) is 14.0 Å². The molecule has 0 radical (unpaired) electrons. The molecule has 0 amide bonds. The van der Waals surface area contributed by atoms with Gasteiger partial charge in [-0.3, -0.25) is 4.79 Å². The Morgan fingerprint density at radius 1 is 1.55 bits per heavy atom. The lowest BCUT2D eigenvalue weighted by Gasteiger charge is -2.27. The van der Waals surface area contributed by atoms with Gasteiger partial charge in [-0.05, 0) is 35.0 Å². The van der Waals surface area contributed by atoms with E-state index in [1.807, 2.05) is 0 Å². The summed E-state index contributed by atoms with van der Waals surface area (Å²) in [5, 5.41) is 12.6. The van der Waals surface area contributed by atoms with Gasteiger partial charge < -0.3 is 15.0 Å². The lowest BCUT2D eigenvalue weighted by Crippen LogP contribution is -2.35. The lowest BCUT2D eigenvalue weighted by atomic mass is 10.1. The summed E-state index contributed by atoms with van der Waals surface area (Å²) >= 11 is 3.15. The molecule has 0 unspecified atom stereocenters. The molecule has 0 saturated carbocycles. The summed E-state index contributed by atoms with van der Waals surface area (Å²) in [6.45, 7) is 2.23. The monoisotopic (exact) mass is 340 g/mol. The van der Waals surface area contributed by atoms with Crippen molar-refractivity contribution in [1.82, 2.24) is 4.57 Å². The number of nitrogens with one attached hydrogen (secondary N) is 1. The number of pyridine rings is 1. The quantitative estimate of drug-likeness (QED) is 0.836. The molecule has 5 nitrogen and oxygen atoms in total. The molecule has 7 heteroatoms. The predicted molar refractivity (Wildman–Crippen MR) is 76.0 cm³/mol. The Bertz CT molecular complexity index is 816. The Hall–Kier alpha value is -1.89. The van der Waals surface area contributed by atoms with E-state index >= 15 is 0 Å². The largest absolute Gasteiger partial charge is 0.477 e. The average Bonchev–Trinajstić information content (AvgIpc) is 2.39. The Labute approximate surface area is 121 Å². The van der Waals surface area contributed by atoms with Crippen LogP contribution in [0.25, 0.3) is 10.9 Å². The van der Waals surface area contributed by atoms with Crippen molar-refractivity contribution in [2.45, 2.75) is 13.0 Å². The Morgan fingerprint density at radius 3 is 2.90 bits per heavy atom. The maximum atomic E-state index is 13.9. The second kappa shape index (κ2) is 4.31. The molecule has 2 aromatic rings. The first-order valence-electron chi connectivity index (χ1n) is 5.96. The number of benzene rings is 1. The van der Waals surface area contributed by atoms with Crippen LogP contribution in [0.3, 0.4) is 0 Å². The van der Waals surface area contributed by atoms with Gasteiger partial charge in [0, 0.05) is 11.9 Å². The molecular weight excluding hydrogens is 331 g/mol. The number of halogens is 2. The van der Waals surface area contributed by atoms with Crippen LogP contribution in [-0.4, -0.2) is 22.2 Å². The highest BCUT2D eigenvalue weighted by Gasteiger charge is 2.26. The molecule has 20 heavy (non-hydrogen) atoms. The number of rotatable bonds is 1. The minimum Gasteiger partial charge on any atom is -0.477 e. The first kappa shape index (κ1) is 13.1. The van der Waals surface area contributed by atoms with Crippen molar-refractivity contribution in [3.63, 3.8) is 0 Å². The van der Waals surface area contributed by atoms with Crippen LogP contribution in [0.2, 0.25) is 0 Å². The second-order valence-electron chi connectivity index (χ2n) is 4.75. The first-order chi connectivity index (χ1) is 9.41. The van der Waals surface area contributed by atoms with Gasteiger partial charge in [0.15, 0.2) is 0 Å². The van der Waals surface area contributed by atoms with E-state index in [2.05, 4.69) is 21.2 Å². The highest BCUT2D eigenvalue weighted by molar-refractivity contribution is 9.10. The number of carboxylic acid groups (broad SMARTS) is 1. The molecule has 0 bridgehead atoms. The summed E-state index contributed by atoms with van der Waals surface area (Å²) in [5.74, 6) is -1.81. The van der Waals surface area contributed by atoms with Gasteiger partial charge in [0.2, 0.25) is 0 Å². The van der Waals surface area contributed by atoms with Crippen LogP contribution in [0.4, 0.5) is 10.1 Å². The van der Waals surface area contributed by atoms with E-state index < -0.39 is 17.3 Å². The van der Waals surface area contributed by atoms with Crippen LogP contribution >= 0.6 is 15.9 Å². The Kier molecular flexibility index (Phi) is 2.82. The zero-order valence-corrected chi connectivity index (χ0v) is 12.0. The SMILES string of the molecule is C[C@H]1CNc2c(Br)c(F)cc3cc(C(=O)O)c(=O)n1c23. The number of aromatic nitrogens is 1. The van der Waals surface area contributed by atoms with Gasteiger partial charge >= 0.3 is 5.97 Å². The minimum absolute atomic E-state index is 0.214. The van der Waals surface area contributed by atoms with Crippen molar-refractivity contribution in [3.8, 4) is 0 Å². The Balaban J connectivity index is 2.57. The van der Waals surface area contributed by atoms with Crippen LogP contribution in [0.15, 0.2) is 21.4 Å². The third-order valence-electron chi connectivity index (χ3n) is 3.46. The van der Waals surface area contributed by atoms with E-state index in [-0.39, 0.29) is 16.1 Å². The van der Waals surface area contributed by atoms with E-state index in [1.165, 1.54) is 16.7 Å². The maximum absolute atomic E-state index is 13.9. The third kappa shape index (κ3) is 1.66. The molecule has 104 valence electrons. The summed E-state index contributed by atoms with van der Waals surface area (Å²) < 4.78 is 15.5. The molecule has 0 saturated heterocycles. The van der Waals surface area contributed by atoms with Gasteiger partial charge in [-0.2, -0.15) is 0 Å². The highest BCUT2D eigenvalue weighted by Crippen LogP contribution is 2.37. The number of anilines is 1. The van der Waals surface area contributed by atoms with Crippen molar-refractivity contribution >= 4 is 38.5 Å². The molecule has 2 heterocycles. The zero-order chi connectivity index (χ0) is 14.6. The molecule has 1 aromatic carbocycles. The number of hydrogen-bond acceptors (Lipinski definition) is 3. The molecule has 1 aliphatic heterocycles. The lowest BCUT2D eigenvalue weighted by molar-refractivity contribution is 0.0694. The van der Waals surface area contributed by atoms with Crippen LogP contribution in [0.5, 0.6) is 0 Å². The maximum Gasteiger partial charge on any atom is 0.341 e. The molecule has 1 aliphatic rings. The van der Waals surface area contributed by atoms with Crippen LogP contribution in [0.1, 0.15) is 23.3 Å². The van der Waals surface area contributed by atoms with E-state index in [1.54, 1.807) is 6.92 Å². The predicted octanol–water partition coefficient (Wildman–Crippen LogP) is 2.59. The van der Waals surface area contributed by atoms with Crippen LogP contribution in [-0.2, 0) is 0 Å². The summed E-state index contributed by atoms with van der Waals surface area (Å²) in [5.41, 5.74) is 0.0804. The number of carboxylic acids is 1. The zero-order valence-electron chi connectivity index (χ0n) is 10.4. The van der Waals surface area contributed by atoms with Crippen molar-refractivity contribution in [2.24, 2.45) is 0 Å². The van der Waals surface area contributed by atoms with Gasteiger partial charge in [0.1, 0.15) is 11.4 Å². The number of carbonyl (C=O) groups is 1. The summed E-state index contributed by atoms with van der Waals surface area (Å²) in [6.07, 6.45) is 0. The molecule has 1 atom stereocenters. The van der Waals surface area contributed by atoms with Crippen LogP contribution < -0.4 is 10.9 Å². The molecule has 3 rings (SSSR count). The van der Waals surface area contributed by atoms with Crippen molar-refractivity contribution < 1.29 is 14.3 Å². The molecule has 0 spiro atoms. The molecule has 0 aliphatic carbocycles. The topological polar surface area (TPSA) is 71.3 Å². The number of hydrogen-bond donors (Lipinski definition) is 2. The number of nitrogens with zero attached hydrogens (tertiary/aromatic N) is 1. The fourth-order valence-electron chi connectivity index (χ4n) is 2.53. The van der Waals surface area contributed by atoms with E-state index in [0.717, 1.165) is 0 Å². The van der Waals surface area contributed by atoms with Crippen molar-refractivity contribution in [3.05, 3.63) is 38.3 Å². The highest BCUT2D eigenvalue weighted by atomic mass is 79.9. The fourth-order valence-corrected chi connectivity index (χ4v) is 2.97. The first-order valence-corrected chi connectivity index (χ1v) is 6.75. The van der Waals surface area contributed by atoms with Gasteiger partial charge in [0.25, 0.3) is 5.56 Å². The fraction of sp³-hybridized carbons (Fsp3) is 0.231. The minimum atomic E-state index is -1.31. The summed E-state index contributed by atoms with van der Waals surface area (Å²) in [4.78, 5) is 23.5. The molecular formula is C13H10BrFN2O3. The molecule has 0 fully saturated rings. The van der Waals surface area contributed by atoms with Crippen molar-refractivity contribution in [1.29, 1.82) is 0 Å². The average molecular weight is 341 g/mol. The van der Waals surface area contributed by atoms with Gasteiger partial charge in [0.05, 0.1) is 21.7 Å². The normalized spacial score (nSPS) is 17.1. The van der Waals surface area contributed by atoms with E-state index in [4.69, 9.17) is 5.11 Å². The molecule has 1 aromatic heterocycles. The standard InChI is InChI=1S/C13H10BrFN2O3/c1-5-4-16-10-9(14)8(15)3-6-2-7(13(19)20)12(18)17(5)11(6)10/h2-3,5,16H,4H2,1H3,(H,19,20)/t5-/m0/s1. The third-order valence-corrected chi connectivity index (χ3v) is 4.23.